The van der Waals surface area contributed by atoms with Gasteiger partial charge in [0, 0.05) is 23.1 Å². The van der Waals surface area contributed by atoms with Gasteiger partial charge < -0.3 is 5.73 Å². The molecule has 1 aromatic carbocycles. The van der Waals surface area contributed by atoms with Gasteiger partial charge in [0.1, 0.15) is 0 Å². The molecule has 0 aromatic heterocycles. The molecule has 2 N–H and O–H groups in total. The maximum absolute atomic E-state index is 12.9. The van der Waals surface area contributed by atoms with Crippen molar-refractivity contribution in [3.8, 4) is 0 Å². The molecule has 0 aliphatic heterocycles. The lowest BCUT2D eigenvalue weighted by Gasteiger charge is -2.31. The van der Waals surface area contributed by atoms with Crippen LogP contribution in [0.4, 0.5) is 18.9 Å². The summed E-state index contributed by atoms with van der Waals surface area (Å²) in [6, 6.07) is 2.74. The average molecular weight is 288 g/mol. The summed E-state index contributed by atoms with van der Waals surface area (Å²) in [6.45, 7) is 3.46. The molecule has 0 unspecified atom stereocenters. The Balaban J connectivity index is 2.60. The van der Waals surface area contributed by atoms with Crippen molar-refractivity contribution in [1.82, 2.24) is 0 Å². The van der Waals surface area contributed by atoms with Crippen LogP contribution in [0.3, 0.4) is 0 Å². The molecule has 0 atom stereocenters. The van der Waals surface area contributed by atoms with E-state index in [0.29, 0.717) is 24.5 Å². The summed E-state index contributed by atoms with van der Waals surface area (Å²) >= 11 is 0. The third-order valence-electron chi connectivity index (χ3n) is 3.99. The molecule has 0 saturated heterocycles. The van der Waals surface area contributed by atoms with Crippen LogP contribution in [0.25, 0.3) is 0 Å². The monoisotopic (exact) mass is 288 g/mol. The Morgan fingerprint density at radius 2 is 1.80 bits per heavy atom. The fourth-order valence-corrected chi connectivity index (χ4v) is 2.59. The van der Waals surface area contributed by atoms with Crippen LogP contribution in [-0.4, -0.2) is 10.5 Å². The van der Waals surface area contributed by atoms with E-state index < -0.39 is 33.3 Å². The van der Waals surface area contributed by atoms with Gasteiger partial charge in [-0.3, -0.25) is 10.1 Å². The zero-order valence-corrected chi connectivity index (χ0v) is 11.1. The molecule has 1 saturated carbocycles. The lowest BCUT2D eigenvalue weighted by molar-refractivity contribution is -0.385. The number of non-ortho nitro benzene ring substituents is 1. The smallest absolute Gasteiger partial charge is 0.325 e. The third-order valence-corrected chi connectivity index (χ3v) is 3.99. The molecule has 1 aromatic rings. The Morgan fingerprint density at radius 1 is 1.25 bits per heavy atom. The van der Waals surface area contributed by atoms with E-state index in [1.54, 1.807) is 13.8 Å². The molecule has 110 valence electrons. The highest BCUT2D eigenvalue weighted by Gasteiger charge is 2.54. The summed E-state index contributed by atoms with van der Waals surface area (Å²) in [4.78, 5) is 10.0. The van der Waals surface area contributed by atoms with Crippen molar-refractivity contribution in [3.05, 3.63) is 39.4 Å². The second kappa shape index (κ2) is 4.18. The summed E-state index contributed by atoms with van der Waals surface area (Å²) in [5.41, 5.74) is 3.44. The molecular formula is C13H15F3N2O2. The first-order valence-corrected chi connectivity index (χ1v) is 6.13. The van der Waals surface area contributed by atoms with Crippen molar-refractivity contribution < 1.29 is 18.1 Å². The van der Waals surface area contributed by atoms with Gasteiger partial charge >= 0.3 is 6.18 Å². The van der Waals surface area contributed by atoms with Crippen LogP contribution in [0.5, 0.6) is 0 Å². The SMILES string of the molecule is CC(C)(N)C1(c2cc([N+](=O)[O-])cc(C(F)(F)F)c2)CC1. The van der Waals surface area contributed by atoms with Crippen LogP contribution in [0.15, 0.2) is 18.2 Å². The molecule has 0 bridgehead atoms. The zero-order valence-electron chi connectivity index (χ0n) is 11.1. The highest BCUT2D eigenvalue weighted by atomic mass is 19.4. The van der Waals surface area contributed by atoms with Crippen LogP contribution in [-0.2, 0) is 11.6 Å². The number of nitrogens with two attached hydrogens (primary N) is 1. The van der Waals surface area contributed by atoms with Gasteiger partial charge in [0.25, 0.3) is 5.69 Å². The summed E-state index contributed by atoms with van der Waals surface area (Å²) < 4.78 is 38.6. The van der Waals surface area contributed by atoms with Gasteiger partial charge in [0.2, 0.25) is 0 Å². The average Bonchev–Trinajstić information content (AvgIpc) is 3.07. The summed E-state index contributed by atoms with van der Waals surface area (Å²) in [5.74, 6) is 0. The topological polar surface area (TPSA) is 69.2 Å². The van der Waals surface area contributed by atoms with Gasteiger partial charge in [-0.05, 0) is 38.3 Å². The number of nitrogens with zero attached hydrogens (tertiary/aromatic N) is 1. The highest BCUT2D eigenvalue weighted by molar-refractivity contribution is 5.47. The van der Waals surface area contributed by atoms with E-state index in [0.717, 1.165) is 6.07 Å². The zero-order chi connectivity index (χ0) is 15.3. The first kappa shape index (κ1) is 14.8. The largest absolute Gasteiger partial charge is 0.416 e. The fourth-order valence-electron chi connectivity index (χ4n) is 2.59. The van der Waals surface area contributed by atoms with E-state index in [1.807, 2.05) is 0 Å². The third kappa shape index (κ3) is 2.37. The van der Waals surface area contributed by atoms with E-state index >= 15 is 0 Å². The Morgan fingerprint density at radius 3 is 2.15 bits per heavy atom. The molecule has 0 amide bonds. The predicted octanol–water partition coefficient (Wildman–Crippen LogP) is 3.38. The summed E-state index contributed by atoms with van der Waals surface area (Å²) in [6.07, 6.45) is -3.35. The molecule has 2 rings (SSSR count). The Bertz CT molecular complexity index is 558. The van der Waals surface area contributed by atoms with Gasteiger partial charge in [-0.2, -0.15) is 13.2 Å². The number of hydrogen-bond acceptors (Lipinski definition) is 3. The van der Waals surface area contributed by atoms with Crippen molar-refractivity contribution >= 4 is 5.69 Å². The second-order valence-corrected chi connectivity index (χ2v) is 5.83. The highest BCUT2D eigenvalue weighted by Crippen LogP contribution is 2.55. The van der Waals surface area contributed by atoms with E-state index in [2.05, 4.69) is 0 Å². The standard InChI is InChI=1S/C13H15F3N2O2/c1-11(2,17)12(3-4-12)8-5-9(13(14,15)16)7-10(6-8)18(19)20/h5-7H,3-4,17H2,1-2H3. The Hall–Kier alpha value is -1.63. The number of nitro groups is 1. The normalized spacial score (nSPS) is 17.9. The molecule has 0 spiro atoms. The lowest BCUT2D eigenvalue weighted by atomic mass is 9.78. The summed E-state index contributed by atoms with van der Waals surface area (Å²) in [7, 11) is 0. The number of halogens is 3. The summed E-state index contributed by atoms with van der Waals surface area (Å²) in [5, 5.41) is 10.8. The minimum absolute atomic E-state index is 0.298. The minimum atomic E-state index is -4.62. The number of hydrogen-bond donors (Lipinski definition) is 1. The van der Waals surface area contributed by atoms with Crippen LogP contribution in [0, 0.1) is 10.1 Å². The predicted molar refractivity (Wildman–Crippen MR) is 67.3 cm³/mol. The van der Waals surface area contributed by atoms with Gasteiger partial charge in [-0.15, -0.1) is 0 Å². The second-order valence-electron chi connectivity index (χ2n) is 5.83. The molecule has 1 aliphatic carbocycles. The fraction of sp³-hybridized carbons (Fsp3) is 0.538. The molecule has 0 heterocycles. The van der Waals surface area contributed by atoms with Crippen LogP contribution in [0.2, 0.25) is 0 Å². The molecular weight excluding hydrogens is 273 g/mol. The molecule has 1 fully saturated rings. The molecule has 20 heavy (non-hydrogen) atoms. The lowest BCUT2D eigenvalue weighted by Crippen LogP contribution is -2.45. The van der Waals surface area contributed by atoms with E-state index in [9.17, 15) is 23.3 Å². The maximum Gasteiger partial charge on any atom is 0.416 e. The van der Waals surface area contributed by atoms with Gasteiger partial charge in [-0.25, -0.2) is 0 Å². The first-order valence-electron chi connectivity index (χ1n) is 6.13. The quantitative estimate of drug-likeness (QED) is 0.684. The minimum Gasteiger partial charge on any atom is -0.325 e. The molecule has 1 aliphatic rings. The van der Waals surface area contributed by atoms with E-state index in [1.165, 1.54) is 6.07 Å². The van der Waals surface area contributed by atoms with E-state index in [-0.39, 0.29) is 0 Å². The van der Waals surface area contributed by atoms with Crippen LogP contribution >= 0.6 is 0 Å². The van der Waals surface area contributed by atoms with Gasteiger partial charge in [0.05, 0.1) is 10.5 Å². The van der Waals surface area contributed by atoms with Crippen molar-refractivity contribution in [2.24, 2.45) is 5.73 Å². The maximum atomic E-state index is 12.9. The van der Waals surface area contributed by atoms with Gasteiger partial charge in [0.15, 0.2) is 0 Å². The van der Waals surface area contributed by atoms with Crippen LogP contribution in [0.1, 0.15) is 37.8 Å². The first-order chi connectivity index (χ1) is 8.97. The van der Waals surface area contributed by atoms with E-state index in [4.69, 9.17) is 5.73 Å². The van der Waals surface area contributed by atoms with Crippen molar-refractivity contribution in [1.29, 1.82) is 0 Å². The van der Waals surface area contributed by atoms with Crippen molar-refractivity contribution in [2.75, 3.05) is 0 Å². The number of benzene rings is 1. The number of nitro benzene ring substituents is 1. The van der Waals surface area contributed by atoms with Crippen LogP contribution < -0.4 is 5.73 Å². The Labute approximate surface area is 113 Å². The Kier molecular flexibility index (Phi) is 3.09. The molecule has 4 nitrogen and oxygen atoms in total. The molecule has 0 radical (unpaired) electrons. The van der Waals surface area contributed by atoms with Crippen molar-refractivity contribution in [3.63, 3.8) is 0 Å². The number of alkyl halides is 3. The van der Waals surface area contributed by atoms with Gasteiger partial charge in [-0.1, -0.05) is 0 Å². The van der Waals surface area contributed by atoms with Crippen molar-refractivity contribution in [2.45, 2.75) is 43.8 Å². The number of rotatable bonds is 3. The molecule has 7 heteroatoms.